The van der Waals surface area contributed by atoms with Crippen molar-refractivity contribution in [1.29, 1.82) is 0 Å². The molecule has 11 rings (SSSR count). The van der Waals surface area contributed by atoms with Gasteiger partial charge in [-0.25, -0.2) is 9.97 Å². The van der Waals surface area contributed by atoms with Gasteiger partial charge in [0.25, 0.3) is 0 Å². The molecular formula is C70H69Cl5IN4O8P. The van der Waals surface area contributed by atoms with Crippen molar-refractivity contribution in [3.63, 3.8) is 0 Å². The van der Waals surface area contributed by atoms with Gasteiger partial charge in [-0.3, -0.25) is 14.2 Å². The van der Waals surface area contributed by atoms with Crippen LogP contribution in [-0.2, 0) is 14.9 Å². The van der Waals surface area contributed by atoms with Crippen LogP contribution in [0.2, 0.25) is 0 Å². The number of alkyl halides is 2. The minimum Gasteiger partial charge on any atom is -0.616 e. The number of nitrogens with zero attached hydrogens (tertiary/aromatic N) is 4. The second kappa shape index (κ2) is 38.1. The number of carbonyl (C=O) groups excluding carboxylic acids is 2. The second-order valence-electron chi connectivity index (χ2n) is 19.0. The first-order valence-electron chi connectivity index (χ1n) is 26.5. The standard InChI is InChI=1S/C17H14ClNO.C17H14INO.C17H15NO2.C9H9NO2.C8H8O.2CH4.Cl3OP.ClH/c2*1-12-7-9-14(10-8-12)17-19-15(11-18)16(20-17)13-5-3-2-4-6-13;1-12-8-10-15(11-9-12)17-18(19)13(2)16(20-17)14-6-4-3-5-7-14;1-7(10-12)9(11)8-5-3-2-4-6-8;1-7-2-4-8(6-9)5-3-7;;;1-5(2,3)4;/h2*2-10H,11H2,1H3;3-11H,1-2H3;2-6,12H,1H3;2-6H,1H3;2*1H4;;1H/b;;;10-7+;;;;;. The highest BCUT2D eigenvalue weighted by molar-refractivity contribution is 14.1. The first-order chi connectivity index (χ1) is 41.3. The van der Waals surface area contributed by atoms with E-state index >= 15 is 0 Å². The van der Waals surface area contributed by atoms with Crippen molar-refractivity contribution in [2.24, 2.45) is 5.16 Å². The Morgan fingerprint density at radius 1 is 0.551 bits per heavy atom. The highest BCUT2D eigenvalue weighted by Crippen LogP contribution is 2.61. The van der Waals surface area contributed by atoms with Crippen LogP contribution in [-0.4, -0.2) is 33.0 Å². The molecule has 0 aliphatic carbocycles. The van der Waals surface area contributed by atoms with E-state index < -0.39 is 5.20 Å². The van der Waals surface area contributed by atoms with Crippen LogP contribution in [0.3, 0.4) is 0 Å². The summed E-state index contributed by atoms with van der Waals surface area (Å²) in [6.07, 6.45) is 0.847. The minimum absolute atomic E-state index is 0. The van der Waals surface area contributed by atoms with Crippen molar-refractivity contribution in [2.45, 2.75) is 66.7 Å². The van der Waals surface area contributed by atoms with E-state index in [1.165, 1.54) is 23.6 Å². The maximum Gasteiger partial charge on any atom is 0.392 e. The van der Waals surface area contributed by atoms with Gasteiger partial charge in [-0.05, 0) is 105 Å². The van der Waals surface area contributed by atoms with Crippen molar-refractivity contribution in [1.82, 2.24) is 9.97 Å². The van der Waals surface area contributed by atoms with Crippen molar-refractivity contribution in [3.05, 3.63) is 274 Å². The number of oxime groups is 1. The fourth-order valence-corrected chi connectivity index (χ4v) is 8.53. The maximum absolute atomic E-state index is 12.3. The molecule has 0 aliphatic heterocycles. The van der Waals surface area contributed by atoms with Gasteiger partial charge in [0.2, 0.25) is 29.0 Å². The van der Waals surface area contributed by atoms with Crippen molar-refractivity contribution >= 4 is 103 Å². The molecule has 0 amide bonds. The van der Waals surface area contributed by atoms with Crippen LogP contribution in [0.15, 0.2) is 237 Å². The molecule has 0 fully saturated rings. The molecule has 0 spiro atoms. The van der Waals surface area contributed by atoms with E-state index in [9.17, 15) is 19.4 Å². The lowest BCUT2D eigenvalue weighted by atomic mass is 10.1. The molecule has 0 atom stereocenters. The highest BCUT2D eigenvalue weighted by atomic mass is 127. The Morgan fingerprint density at radius 3 is 1.25 bits per heavy atom. The van der Waals surface area contributed by atoms with Gasteiger partial charge in [0.1, 0.15) is 17.7 Å². The third kappa shape index (κ3) is 23.7. The van der Waals surface area contributed by atoms with Crippen LogP contribution in [0, 0.1) is 39.8 Å². The molecule has 8 aromatic carbocycles. The normalized spacial score (nSPS) is 10.3. The molecule has 0 unspecified atom stereocenters. The fourth-order valence-electron chi connectivity index (χ4n) is 7.83. The monoisotopic (exact) mass is 1430 g/mol. The Kier molecular flexibility index (Phi) is 32.4. The van der Waals surface area contributed by atoms with Crippen LogP contribution in [0.1, 0.15) is 81.8 Å². The lowest BCUT2D eigenvalue weighted by Gasteiger charge is -1.98. The summed E-state index contributed by atoms with van der Waals surface area (Å²) >= 11 is 22.2. The van der Waals surface area contributed by atoms with E-state index in [4.69, 9.17) is 30.1 Å². The van der Waals surface area contributed by atoms with Crippen LogP contribution in [0.4, 0.5) is 0 Å². The SMILES string of the molecule is C.C.C/C(=N\O)C(=O)c1ccccc1.Cc1ccc(-c2nc(CCl)c(-c3ccccc3)o2)cc1.Cc1ccc(-c2nc(CI)c(-c3ccccc3)o2)cc1.Cc1ccc(-c2oc(-c3ccccc3)c(C)[n+]2[O-])cc1.Cc1ccc(C=O)cc1.Cl.O=P(Cl)(Cl)Cl. The number of benzene rings is 8. The van der Waals surface area contributed by atoms with Crippen molar-refractivity contribution in [2.75, 3.05) is 0 Å². The van der Waals surface area contributed by atoms with E-state index in [0.717, 1.165) is 82.9 Å². The number of rotatable bonds is 11. The molecule has 0 aliphatic rings. The number of halogens is 6. The van der Waals surface area contributed by atoms with Gasteiger partial charge < -0.3 is 23.7 Å². The van der Waals surface area contributed by atoms with Gasteiger partial charge in [-0.1, -0.05) is 247 Å². The van der Waals surface area contributed by atoms with Gasteiger partial charge in [-0.15, -0.1) is 28.7 Å². The zero-order chi connectivity index (χ0) is 62.2. The number of carbonyl (C=O) groups is 2. The third-order valence-electron chi connectivity index (χ3n) is 12.4. The Balaban J connectivity index is 0.000000289. The van der Waals surface area contributed by atoms with Gasteiger partial charge in [-0.2, -0.15) is 0 Å². The summed E-state index contributed by atoms with van der Waals surface area (Å²) in [7, 11) is 0. The number of ketones is 1. The van der Waals surface area contributed by atoms with Crippen LogP contribution in [0.5, 0.6) is 0 Å². The smallest absolute Gasteiger partial charge is 0.392 e. The first-order valence-corrected chi connectivity index (χ1v) is 33.0. The molecule has 464 valence electrons. The molecule has 0 bridgehead atoms. The molecule has 11 aromatic rings. The quantitative estimate of drug-likeness (QED) is 0.0125. The number of hydrogen-bond donors (Lipinski definition) is 1. The Hall–Kier alpha value is -7.59. The molecule has 12 nitrogen and oxygen atoms in total. The number of oxazole rings is 3. The Labute approximate surface area is 560 Å². The number of Topliss-reactive ketones (excluding diaryl/α,β-unsaturated/α-hetero) is 1. The second-order valence-corrected chi connectivity index (χ2v) is 26.6. The summed E-state index contributed by atoms with van der Waals surface area (Å²) in [5.74, 6) is 3.96. The van der Waals surface area contributed by atoms with E-state index in [2.05, 4.69) is 110 Å². The Morgan fingerprint density at radius 2 is 0.888 bits per heavy atom. The minimum atomic E-state index is -3.22. The Bertz CT molecular complexity index is 3830. The molecule has 1 N–H and O–H groups in total. The van der Waals surface area contributed by atoms with Crippen LogP contribution < -0.4 is 4.73 Å². The molecule has 0 saturated carbocycles. The summed E-state index contributed by atoms with van der Waals surface area (Å²) in [6, 6.07) is 70.0. The summed E-state index contributed by atoms with van der Waals surface area (Å²) in [6.45, 7) is 11.4. The first kappa shape index (κ1) is 75.7. The largest absolute Gasteiger partial charge is 0.616 e. The molecule has 89 heavy (non-hydrogen) atoms. The van der Waals surface area contributed by atoms with E-state index in [1.54, 1.807) is 31.2 Å². The maximum atomic E-state index is 12.3. The summed E-state index contributed by atoms with van der Waals surface area (Å²) < 4.78 is 28.9. The lowest BCUT2D eigenvalue weighted by Crippen LogP contribution is -2.29. The molecule has 0 saturated heterocycles. The van der Waals surface area contributed by atoms with Gasteiger partial charge in [0, 0.05) is 50.3 Å². The van der Waals surface area contributed by atoms with Crippen LogP contribution >= 0.6 is 85.5 Å². The predicted octanol–water partition coefficient (Wildman–Crippen LogP) is 22.2. The molecule has 3 aromatic heterocycles. The number of aldehydes is 1. The summed E-state index contributed by atoms with van der Waals surface area (Å²) in [5.41, 5.74) is 14.2. The number of aryl methyl sites for hydroxylation is 4. The summed E-state index contributed by atoms with van der Waals surface area (Å²) in [4.78, 5) is 30.5. The fraction of sp³-hybridized carbons (Fsp3) is 0.143. The molecule has 19 heteroatoms. The van der Waals surface area contributed by atoms with Crippen molar-refractivity contribution < 1.29 is 37.3 Å². The number of aromatic nitrogens is 3. The molecular weight excluding hydrogens is 1360 g/mol. The summed E-state index contributed by atoms with van der Waals surface area (Å²) in [5, 5.41) is 20.2. The van der Waals surface area contributed by atoms with Crippen molar-refractivity contribution in [3.8, 4) is 68.3 Å². The van der Waals surface area contributed by atoms with Gasteiger partial charge >= 0.3 is 11.1 Å². The average Bonchev–Trinajstić information content (AvgIpc) is 2.35. The topological polar surface area (TPSA) is 176 Å². The van der Waals surface area contributed by atoms with E-state index in [-0.39, 0.29) is 38.8 Å². The zero-order valence-corrected chi connectivity index (χ0v) is 55.0. The molecule has 3 heterocycles. The van der Waals surface area contributed by atoms with Gasteiger partial charge in [0.15, 0.2) is 11.5 Å². The third-order valence-corrected chi connectivity index (χ3v) is 13.4. The predicted molar refractivity (Wildman–Crippen MR) is 378 cm³/mol. The average molecular weight is 1430 g/mol. The van der Waals surface area contributed by atoms with E-state index in [1.807, 2.05) is 184 Å². The number of hydrogen-bond acceptors (Lipinski definition) is 11. The zero-order valence-electron chi connectivity index (χ0n) is 48.1. The molecule has 0 radical (unpaired) electrons. The lowest BCUT2D eigenvalue weighted by molar-refractivity contribution is -0.602. The van der Waals surface area contributed by atoms with Gasteiger partial charge in [0.05, 0.1) is 17.1 Å². The van der Waals surface area contributed by atoms with Crippen LogP contribution in [0.25, 0.3) is 68.3 Å². The highest BCUT2D eigenvalue weighted by Gasteiger charge is 2.24. The van der Waals surface area contributed by atoms with E-state index in [0.29, 0.717) is 40.6 Å².